The molecule has 0 aliphatic rings. The van der Waals surface area contributed by atoms with Crippen LogP contribution >= 0.6 is 0 Å². The first-order valence-corrected chi connectivity index (χ1v) is 7.13. The second-order valence-corrected chi connectivity index (χ2v) is 5.51. The molecule has 0 amide bonds. The van der Waals surface area contributed by atoms with Crippen molar-refractivity contribution in [1.29, 1.82) is 0 Å². The summed E-state index contributed by atoms with van der Waals surface area (Å²) in [5.41, 5.74) is 1.81. The van der Waals surface area contributed by atoms with Gasteiger partial charge in [-0.3, -0.25) is 0 Å². The molecule has 0 N–H and O–H groups in total. The zero-order valence-corrected chi connectivity index (χ0v) is 12.4. The van der Waals surface area contributed by atoms with Crippen molar-refractivity contribution in [1.82, 2.24) is 0 Å². The molecule has 0 saturated heterocycles. The molecule has 2 unspecified atom stereocenters. The Labute approximate surface area is 110 Å². The van der Waals surface area contributed by atoms with Crippen LogP contribution in [-0.4, -0.2) is 0 Å². The fourth-order valence-corrected chi connectivity index (χ4v) is 2.35. The van der Waals surface area contributed by atoms with Crippen LogP contribution in [0.1, 0.15) is 69.8 Å². The molecule has 1 heterocycles. The Hall–Kier alpha value is -1.05. The molecule has 1 rings (SSSR count). The molecule has 0 radical (unpaired) electrons. The Balaban J connectivity index is 3.00. The minimum absolute atomic E-state index is 0.140. The molecule has 2 atom stereocenters. The molecule has 0 aliphatic heterocycles. The summed E-state index contributed by atoms with van der Waals surface area (Å²) in [4.78, 5) is 12.0. The summed E-state index contributed by atoms with van der Waals surface area (Å²) < 4.78 is 5.54. The van der Waals surface area contributed by atoms with Gasteiger partial charge in [-0.05, 0) is 37.3 Å². The maximum atomic E-state index is 12.0. The second kappa shape index (κ2) is 6.77. The van der Waals surface area contributed by atoms with Crippen molar-refractivity contribution in [2.45, 2.75) is 66.2 Å². The van der Waals surface area contributed by atoms with E-state index >= 15 is 0 Å². The first-order valence-electron chi connectivity index (χ1n) is 7.13. The molecule has 1 aromatic rings. The lowest BCUT2D eigenvalue weighted by molar-refractivity contribution is 0.405. The van der Waals surface area contributed by atoms with Gasteiger partial charge in [0.05, 0.1) is 0 Å². The van der Waals surface area contributed by atoms with Gasteiger partial charge in [-0.15, -0.1) is 0 Å². The smallest absolute Gasteiger partial charge is 0.339 e. The fraction of sp³-hybridized carbons (Fsp3) is 0.688. The Morgan fingerprint density at radius 3 is 2.50 bits per heavy atom. The van der Waals surface area contributed by atoms with Crippen molar-refractivity contribution in [2.24, 2.45) is 5.92 Å². The van der Waals surface area contributed by atoms with Crippen LogP contribution in [0.25, 0.3) is 0 Å². The first-order chi connectivity index (χ1) is 8.49. The van der Waals surface area contributed by atoms with E-state index in [1.165, 1.54) is 0 Å². The average Bonchev–Trinajstić information content (AvgIpc) is 2.33. The standard InChI is InChI=1S/C16H26O2/c1-6-8-12(4)15-13(5)10-14(16(17)18-15)9-11(3)7-2/h10-12H,6-9H2,1-5H3. The van der Waals surface area contributed by atoms with Gasteiger partial charge in [0.2, 0.25) is 0 Å². The van der Waals surface area contributed by atoms with Gasteiger partial charge in [-0.1, -0.05) is 40.5 Å². The van der Waals surface area contributed by atoms with Crippen LogP contribution in [0.2, 0.25) is 0 Å². The molecule has 2 heteroatoms. The highest BCUT2D eigenvalue weighted by molar-refractivity contribution is 5.24. The highest BCUT2D eigenvalue weighted by Gasteiger charge is 2.15. The molecule has 2 nitrogen and oxygen atoms in total. The quantitative estimate of drug-likeness (QED) is 0.747. The predicted molar refractivity (Wildman–Crippen MR) is 76.2 cm³/mol. The Morgan fingerprint density at radius 1 is 1.28 bits per heavy atom. The maximum Gasteiger partial charge on any atom is 0.339 e. The molecule has 1 aromatic heterocycles. The zero-order chi connectivity index (χ0) is 13.7. The maximum absolute atomic E-state index is 12.0. The molecule has 0 spiro atoms. The van der Waals surface area contributed by atoms with Gasteiger partial charge >= 0.3 is 5.63 Å². The zero-order valence-electron chi connectivity index (χ0n) is 12.4. The van der Waals surface area contributed by atoms with Crippen LogP contribution in [0.3, 0.4) is 0 Å². The van der Waals surface area contributed by atoms with Gasteiger partial charge in [0.15, 0.2) is 0 Å². The predicted octanol–water partition coefficient (Wildman–Crippen LogP) is 4.44. The normalized spacial score (nSPS) is 14.5. The Morgan fingerprint density at radius 2 is 1.94 bits per heavy atom. The molecule has 102 valence electrons. The van der Waals surface area contributed by atoms with Crippen LogP contribution in [0.15, 0.2) is 15.3 Å². The van der Waals surface area contributed by atoms with E-state index in [9.17, 15) is 4.79 Å². The number of aryl methyl sites for hydroxylation is 1. The van der Waals surface area contributed by atoms with Crippen molar-refractivity contribution >= 4 is 0 Å². The van der Waals surface area contributed by atoms with Gasteiger partial charge in [0.25, 0.3) is 0 Å². The van der Waals surface area contributed by atoms with Crippen molar-refractivity contribution in [3.63, 3.8) is 0 Å². The number of hydrogen-bond donors (Lipinski definition) is 0. The number of hydrogen-bond acceptors (Lipinski definition) is 2. The molecule has 0 saturated carbocycles. The summed E-state index contributed by atoms with van der Waals surface area (Å²) >= 11 is 0. The molecule has 0 aliphatic carbocycles. The summed E-state index contributed by atoms with van der Waals surface area (Å²) in [6, 6.07) is 2.03. The van der Waals surface area contributed by atoms with E-state index in [0.717, 1.165) is 42.6 Å². The third-order valence-electron chi connectivity index (χ3n) is 3.68. The van der Waals surface area contributed by atoms with Gasteiger partial charge < -0.3 is 4.42 Å². The van der Waals surface area contributed by atoms with Crippen LogP contribution in [0.4, 0.5) is 0 Å². The fourth-order valence-electron chi connectivity index (χ4n) is 2.35. The highest BCUT2D eigenvalue weighted by atomic mass is 16.4. The first kappa shape index (κ1) is 15.0. The molecule has 0 fully saturated rings. The van der Waals surface area contributed by atoms with E-state index in [2.05, 4.69) is 27.7 Å². The molecule has 0 bridgehead atoms. The molecular weight excluding hydrogens is 224 g/mol. The second-order valence-electron chi connectivity index (χ2n) is 5.51. The SMILES string of the molecule is CCCC(C)c1oc(=O)c(CC(C)CC)cc1C. The minimum atomic E-state index is -0.140. The highest BCUT2D eigenvalue weighted by Crippen LogP contribution is 2.23. The van der Waals surface area contributed by atoms with E-state index in [4.69, 9.17) is 4.42 Å². The summed E-state index contributed by atoms with van der Waals surface area (Å²) in [7, 11) is 0. The third kappa shape index (κ3) is 3.72. The summed E-state index contributed by atoms with van der Waals surface area (Å²) in [6.07, 6.45) is 4.09. The van der Waals surface area contributed by atoms with Gasteiger partial charge in [0, 0.05) is 11.5 Å². The topological polar surface area (TPSA) is 30.2 Å². The van der Waals surface area contributed by atoms with Crippen LogP contribution in [-0.2, 0) is 6.42 Å². The average molecular weight is 250 g/mol. The van der Waals surface area contributed by atoms with Crippen molar-refractivity contribution in [2.75, 3.05) is 0 Å². The van der Waals surface area contributed by atoms with Gasteiger partial charge in [-0.2, -0.15) is 0 Å². The Kier molecular flexibility index (Phi) is 5.64. The van der Waals surface area contributed by atoms with E-state index in [-0.39, 0.29) is 5.63 Å². The van der Waals surface area contributed by atoms with Gasteiger partial charge in [-0.25, -0.2) is 4.79 Å². The van der Waals surface area contributed by atoms with Gasteiger partial charge in [0.1, 0.15) is 5.76 Å². The van der Waals surface area contributed by atoms with Crippen molar-refractivity contribution < 1.29 is 4.42 Å². The number of rotatable bonds is 6. The Bertz CT molecular complexity index is 431. The monoisotopic (exact) mass is 250 g/mol. The molecule has 0 aromatic carbocycles. The molecular formula is C16H26O2. The lowest BCUT2D eigenvalue weighted by Crippen LogP contribution is -2.14. The summed E-state index contributed by atoms with van der Waals surface area (Å²) in [5.74, 6) is 1.74. The van der Waals surface area contributed by atoms with E-state index in [1.807, 2.05) is 13.0 Å². The van der Waals surface area contributed by atoms with E-state index in [0.29, 0.717) is 11.8 Å². The summed E-state index contributed by atoms with van der Waals surface area (Å²) in [6.45, 7) is 10.6. The molecule has 18 heavy (non-hydrogen) atoms. The van der Waals surface area contributed by atoms with Crippen molar-refractivity contribution in [3.05, 3.63) is 33.4 Å². The van der Waals surface area contributed by atoms with Crippen LogP contribution in [0.5, 0.6) is 0 Å². The minimum Gasteiger partial charge on any atom is -0.427 e. The largest absolute Gasteiger partial charge is 0.427 e. The van der Waals surface area contributed by atoms with Crippen LogP contribution in [0, 0.1) is 12.8 Å². The third-order valence-corrected chi connectivity index (χ3v) is 3.68. The van der Waals surface area contributed by atoms with E-state index < -0.39 is 0 Å². The lowest BCUT2D eigenvalue weighted by Gasteiger charge is -2.14. The lowest BCUT2D eigenvalue weighted by atomic mass is 9.96. The summed E-state index contributed by atoms with van der Waals surface area (Å²) in [5, 5.41) is 0. The van der Waals surface area contributed by atoms with Crippen LogP contribution < -0.4 is 5.63 Å². The van der Waals surface area contributed by atoms with Crippen molar-refractivity contribution in [3.8, 4) is 0 Å². The van der Waals surface area contributed by atoms with E-state index in [1.54, 1.807) is 0 Å².